The van der Waals surface area contributed by atoms with Crippen LogP contribution >= 0.6 is 0 Å². The van der Waals surface area contributed by atoms with Gasteiger partial charge in [0, 0.05) is 0 Å². The number of hydrazine groups is 1. The van der Waals surface area contributed by atoms with E-state index in [9.17, 15) is 0 Å². The van der Waals surface area contributed by atoms with Gasteiger partial charge in [0.1, 0.15) is 5.75 Å². The second kappa shape index (κ2) is 10.7. The molecule has 166 valence electrons. The smallest absolute Gasteiger partial charge is 0.119 e. The highest BCUT2D eigenvalue weighted by Crippen LogP contribution is 2.32. The van der Waals surface area contributed by atoms with E-state index in [0.717, 1.165) is 43.1 Å². The van der Waals surface area contributed by atoms with Gasteiger partial charge in [-0.3, -0.25) is 0 Å². The topological polar surface area (TPSA) is 59.3 Å². The zero-order valence-corrected chi connectivity index (χ0v) is 19.8. The van der Waals surface area contributed by atoms with Crippen molar-refractivity contribution in [2.75, 3.05) is 24.0 Å². The Bertz CT molecular complexity index is 738. The molecular formula is C26H41N3O. The first-order valence-corrected chi connectivity index (χ1v) is 11.2. The van der Waals surface area contributed by atoms with E-state index in [0.29, 0.717) is 0 Å². The van der Waals surface area contributed by atoms with E-state index < -0.39 is 0 Å². The Morgan fingerprint density at radius 1 is 0.700 bits per heavy atom. The molecule has 4 N–H and O–H groups in total. The van der Waals surface area contributed by atoms with Gasteiger partial charge >= 0.3 is 0 Å². The van der Waals surface area contributed by atoms with Crippen LogP contribution in [0.2, 0.25) is 0 Å². The number of hydrogen-bond donors (Lipinski definition) is 3. The van der Waals surface area contributed by atoms with Crippen LogP contribution in [-0.4, -0.2) is 13.2 Å². The number of nitrogens with two attached hydrogens (primary N) is 1. The van der Waals surface area contributed by atoms with Crippen LogP contribution in [0.4, 0.5) is 11.4 Å². The molecule has 0 radical (unpaired) electrons. The SMILES string of the molecule is CC(C)(C)c1cc(NNc2ccc(OCCCCCCN)cc2)cc(C(C)(C)C)c1. The molecule has 0 amide bonds. The molecule has 0 heterocycles. The lowest BCUT2D eigenvalue weighted by Gasteiger charge is -2.26. The van der Waals surface area contributed by atoms with Crippen molar-refractivity contribution in [2.45, 2.75) is 78.1 Å². The number of anilines is 2. The van der Waals surface area contributed by atoms with Crippen LogP contribution in [-0.2, 0) is 10.8 Å². The van der Waals surface area contributed by atoms with Gasteiger partial charge in [0.2, 0.25) is 0 Å². The first kappa shape index (κ1) is 24.1. The molecule has 4 nitrogen and oxygen atoms in total. The number of unbranched alkanes of at least 4 members (excludes halogenated alkanes) is 3. The lowest BCUT2D eigenvalue weighted by Crippen LogP contribution is -2.18. The lowest BCUT2D eigenvalue weighted by atomic mass is 9.80. The molecule has 0 spiro atoms. The second-order valence-electron chi connectivity index (χ2n) is 10.1. The third-order valence-corrected chi connectivity index (χ3v) is 5.24. The Morgan fingerprint density at radius 2 is 1.23 bits per heavy atom. The van der Waals surface area contributed by atoms with Crippen LogP contribution in [0, 0.1) is 0 Å². The first-order valence-electron chi connectivity index (χ1n) is 11.2. The highest BCUT2D eigenvalue weighted by Gasteiger charge is 2.20. The molecule has 0 atom stereocenters. The van der Waals surface area contributed by atoms with Crippen molar-refractivity contribution in [3.05, 3.63) is 53.6 Å². The number of ether oxygens (including phenoxy) is 1. The van der Waals surface area contributed by atoms with Gasteiger partial charge in [0.15, 0.2) is 0 Å². The van der Waals surface area contributed by atoms with Crippen molar-refractivity contribution < 1.29 is 4.74 Å². The van der Waals surface area contributed by atoms with Gasteiger partial charge in [0.05, 0.1) is 18.0 Å². The van der Waals surface area contributed by atoms with Crippen LogP contribution in [0.3, 0.4) is 0 Å². The molecular weight excluding hydrogens is 370 g/mol. The Labute approximate surface area is 183 Å². The maximum absolute atomic E-state index is 5.83. The maximum Gasteiger partial charge on any atom is 0.119 e. The van der Waals surface area contributed by atoms with Gasteiger partial charge in [-0.25, -0.2) is 0 Å². The molecule has 0 aliphatic rings. The third-order valence-electron chi connectivity index (χ3n) is 5.24. The van der Waals surface area contributed by atoms with Gasteiger partial charge in [-0.2, -0.15) is 0 Å². The van der Waals surface area contributed by atoms with Gasteiger partial charge < -0.3 is 21.3 Å². The monoisotopic (exact) mass is 411 g/mol. The minimum absolute atomic E-state index is 0.0982. The molecule has 4 heteroatoms. The molecule has 0 unspecified atom stereocenters. The van der Waals surface area contributed by atoms with E-state index in [4.69, 9.17) is 10.5 Å². The predicted octanol–water partition coefficient (Wildman–Crippen LogP) is 6.62. The fourth-order valence-electron chi connectivity index (χ4n) is 3.13. The molecule has 0 fully saturated rings. The average molecular weight is 412 g/mol. The standard InChI is InChI=1S/C26H41N3O/c1-25(2,3)20-17-21(26(4,5)6)19-23(18-20)29-28-22-11-13-24(14-12-22)30-16-10-8-7-9-15-27/h11-14,17-19,28-29H,7-10,15-16,27H2,1-6H3. The van der Waals surface area contributed by atoms with E-state index in [1.54, 1.807) is 0 Å². The maximum atomic E-state index is 5.83. The summed E-state index contributed by atoms with van der Waals surface area (Å²) >= 11 is 0. The Kier molecular flexibility index (Phi) is 8.60. The summed E-state index contributed by atoms with van der Waals surface area (Å²) in [6.45, 7) is 15.1. The summed E-state index contributed by atoms with van der Waals surface area (Å²) in [6.07, 6.45) is 4.53. The molecule has 0 aliphatic carbocycles. The Balaban J connectivity index is 1.95. The van der Waals surface area contributed by atoms with Gasteiger partial charge in [-0.1, -0.05) is 60.5 Å². The van der Waals surface area contributed by atoms with Crippen molar-refractivity contribution >= 4 is 11.4 Å². The molecule has 2 rings (SSSR count). The van der Waals surface area contributed by atoms with Crippen LogP contribution in [0.15, 0.2) is 42.5 Å². The van der Waals surface area contributed by atoms with E-state index >= 15 is 0 Å². The van der Waals surface area contributed by atoms with Crippen molar-refractivity contribution in [3.63, 3.8) is 0 Å². The summed E-state index contributed by atoms with van der Waals surface area (Å²) in [5, 5.41) is 0. The number of nitrogens with one attached hydrogen (secondary N) is 2. The molecule has 2 aromatic rings. The average Bonchev–Trinajstić information content (AvgIpc) is 2.68. The zero-order valence-electron chi connectivity index (χ0n) is 19.8. The normalized spacial score (nSPS) is 12.0. The minimum Gasteiger partial charge on any atom is -0.494 e. The van der Waals surface area contributed by atoms with Gasteiger partial charge in [0.25, 0.3) is 0 Å². The molecule has 0 aliphatic heterocycles. The number of hydrogen-bond acceptors (Lipinski definition) is 4. The predicted molar refractivity (Wildman–Crippen MR) is 131 cm³/mol. The summed E-state index contributed by atoms with van der Waals surface area (Å²) in [4.78, 5) is 0. The summed E-state index contributed by atoms with van der Waals surface area (Å²) in [7, 11) is 0. The first-order chi connectivity index (χ1) is 14.1. The molecule has 0 aromatic heterocycles. The number of benzene rings is 2. The fourth-order valence-corrected chi connectivity index (χ4v) is 3.13. The molecule has 0 saturated carbocycles. The van der Waals surface area contributed by atoms with Crippen LogP contribution in [0.5, 0.6) is 5.75 Å². The molecule has 30 heavy (non-hydrogen) atoms. The summed E-state index contributed by atoms with van der Waals surface area (Å²) in [5.41, 5.74) is 17.1. The summed E-state index contributed by atoms with van der Waals surface area (Å²) in [6, 6.07) is 14.9. The minimum atomic E-state index is 0.0982. The largest absolute Gasteiger partial charge is 0.494 e. The highest BCUT2D eigenvalue weighted by atomic mass is 16.5. The fraction of sp³-hybridized carbons (Fsp3) is 0.538. The van der Waals surface area contributed by atoms with E-state index in [1.807, 2.05) is 24.3 Å². The van der Waals surface area contributed by atoms with Gasteiger partial charge in [-0.05, 0) is 77.7 Å². The Morgan fingerprint density at radius 3 is 1.77 bits per heavy atom. The quantitative estimate of drug-likeness (QED) is 0.304. The van der Waals surface area contributed by atoms with Crippen molar-refractivity contribution in [3.8, 4) is 5.75 Å². The molecule has 2 aromatic carbocycles. The van der Waals surface area contributed by atoms with Crippen LogP contribution < -0.4 is 21.3 Å². The van der Waals surface area contributed by atoms with Crippen molar-refractivity contribution in [1.29, 1.82) is 0 Å². The van der Waals surface area contributed by atoms with Crippen molar-refractivity contribution in [1.82, 2.24) is 0 Å². The van der Waals surface area contributed by atoms with Crippen LogP contribution in [0.25, 0.3) is 0 Å². The summed E-state index contributed by atoms with van der Waals surface area (Å²) in [5.74, 6) is 0.907. The summed E-state index contributed by atoms with van der Waals surface area (Å²) < 4.78 is 5.83. The van der Waals surface area contributed by atoms with E-state index in [1.165, 1.54) is 24.0 Å². The molecule has 0 saturated heterocycles. The third kappa shape index (κ3) is 7.91. The number of rotatable bonds is 10. The van der Waals surface area contributed by atoms with E-state index in [2.05, 4.69) is 70.6 Å². The van der Waals surface area contributed by atoms with Crippen molar-refractivity contribution in [2.24, 2.45) is 5.73 Å². The highest BCUT2D eigenvalue weighted by molar-refractivity contribution is 5.57. The second-order valence-corrected chi connectivity index (χ2v) is 10.1. The van der Waals surface area contributed by atoms with Gasteiger partial charge in [-0.15, -0.1) is 0 Å². The molecule has 0 bridgehead atoms. The Hall–Kier alpha value is -2.20. The lowest BCUT2D eigenvalue weighted by molar-refractivity contribution is 0.305. The zero-order chi connectivity index (χ0) is 22.2. The van der Waals surface area contributed by atoms with E-state index in [-0.39, 0.29) is 10.8 Å². The van der Waals surface area contributed by atoms with Crippen LogP contribution in [0.1, 0.15) is 78.4 Å².